The summed E-state index contributed by atoms with van der Waals surface area (Å²) in [5.74, 6) is -0.158. The first-order chi connectivity index (χ1) is 10.6. The molecule has 1 saturated heterocycles. The van der Waals surface area contributed by atoms with Crippen molar-refractivity contribution in [2.45, 2.75) is 25.4 Å². The second kappa shape index (κ2) is 4.71. The van der Waals surface area contributed by atoms with Gasteiger partial charge in [0, 0.05) is 22.3 Å². The lowest BCUT2D eigenvalue weighted by molar-refractivity contribution is -0.124. The number of nitrogens with zero attached hydrogens (tertiary/aromatic N) is 2. The molecule has 1 amide bonds. The molecule has 1 N–H and O–H groups in total. The molecule has 1 aromatic carbocycles. The van der Waals surface area contributed by atoms with Crippen molar-refractivity contribution in [1.82, 2.24) is 14.5 Å². The second-order valence-electron chi connectivity index (χ2n) is 5.64. The third-order valence-corrected chi connectivity index (χ3v) is 5.01. The molecule has 0 saturated carbocycles. The Morgan fingerprint density at radius 3 is 2.91 bits per heavy atom. The standard InChI is InChI=1S/C16H14BrN3O2/c1-9-4-6-13(15(21)18-9)20-12-7-5-11(17)10-3-2-8-19(14(10)12)16(20)22/h2-3,5,7,13H,1,4,6,8H2,(H,18,21). The number of halogens is 1. The quantitative estimate of drug-likeness (QED) is 0.850. The van der Waals surface area contributed by atoms with Gasteiger partial charge in [-0.3, -0.25) is 13.9 Å². The molecular weight excluding hydrogens is 346 g/mol. The number of rotatable bonds is 1. The van der Waals surface area contributed by atoms with Crippen molar-refractivity contribution in [3.05, 3.63) is 51.0 Å². The number of aromatic nitrogens is 2. The average molecular weight is 360 g/mol. The predicted octanol–water partition coefficient (Wildman–Crippen LogP) is 2.56. The molecule has 2 aliphatic heterocycles. The number of nitrogens with one attached hydrogen (secondary N) is 1. The monoisotopic (exact) mass is 359 g/mol. The Balaban J connectivity index is 1.99. The number of hydrogen-bond acceptors (Lipinski definition) is 2. The molecule has 1 unspecified atom stereocenters. The number of carbonyl (C=O) groups is 1. The number of imidazole rings is 1. The minimum atomic E-state index is -0.478. The zero-order chi connectivity index (χ0) is 15.4. The Morgan fingerprint density at radius 2 is 2.14 bits per heavy atom. The molecule has 0 spiro atoms. The molecule has 2 aromatic rings. The van der Waals surface area contributed by atoms with Gasteiger partial charge in [0.25, 0.3) is 0 Å². The average Bonchev–Trinajstić information content (AvgIpc) is 2.78. The molecule has 1 aromatic heterocycles. The van der Waals surface area contributed by atoms with Crippen molar-refractivity contribution in [2.75, 3.05) is 0 Å². The molecule has 4 rings (SSSR count). The summed E-state index contributed by atoms with van der Waals surface area (Å²) in [4.78, 5) is 25.1. The fourth-order valence-corrected chi connectivity index (χ4v) is 3.74. The smallest absolute Gasteiger partial charge is 0.329 e. The summed E-state index contributed by atoms with van der Waals surface area (Å²) in [5, 5.41) is 2.76. The molecule has 22 heavy (non-hydrogen) atoms. The highest BCUT2D eigenvalue weighted by Gasteiger charge is 2.30. The van der Waals surface area contributed by atoms with Gasteiger partial charge in [0.2, 0.25) is 5.91 Å². The predicted molar refractivity (Wildman–Crippen MR) is 88.5 cm³/mol. The molecule has 6 heteroatoms. The zero-order valence-electron chi connectivity index (χ0n) is 11.8. The Morgan fingerprint density at radius 1 is 1.32 bits per heavy atom. The van der Waals surface area contributed by atoms with E-state index in [0.29, 0.717) is 25.1 Å². The van der Waals surface area contributed by atoms with Crippen molar-refractivity contribution in [1.29, 1.82) is 0 Å². The third-order valence-electron chi connectivity index (χ3n) is 4.32. The van der Waals surface area contributed by atoms with Crippen LogP contribution in [0.25, 0.3) is 17.1 Å². The molecule has 0 aliphatic carbocycles. The molecule has 0 radical (unpaired) electrons. The van der Waals surface area contributed by atoms with Gasteiger partial charge in [-0.05, 0) is 25.0 Å². The molecule has 5 nitrogen and oxygen atoms in total. The van der Waals surface area contributed by atoms with Crippen LogP contribution >= 0.6 is 15.9 Å². The fourth-order valence-electron chi connectivity index (χ4n) is 3.29. The second-order valence-corrected chi connectivity index (χ2v) is 6.50. The lowest BCUT2D eigenvalue weighted by Gasteiger charge is -2.24. The summed E-state index contributed by atoms with van der Waals surface area (Å²) in [6.07, 6.45) is 5.26. The molecule has 2 aliphatic rings. The van der Waals surface area contributed by atoms with Gasteiger partial charge in [-0.2, -0.15) is 0 Å². The SMILES string of the molecule is C=C1CCC(n2c(=O)n3c4c(c(Br)ccc42)C=CC3)C(=O)N1. The topological polar surface area (TPSA) is 56.0 Å². The van der Waals surface area contributed by atoms with Crippen LogP contribution in [0.15, 0.2) is 39.8 Å². The normalized spacial score (nSPS) is 20.5. The number of carbonyl (C=O) groups excluding carboxylic acids is 1. The van der Waals surface area contributed by atoms with E-state index in [1.165, 1.54) is 0 Å². The van der Waals surface area contributed by atoms with Crippen LogP contribution in [0.1, 0.15) is 24.4 Å². The summed E-state index contributed by atoms with van der Waals surface area (Å²) in [5.41, 5.74) is 3.26. The van der Waals surface area contributed by atoms with E-state index < -0.39 is 6.04 Å². The van der Waals surface area contributed by atoms with Crippen LogP contribution < -0.4 is 11.0 Å². The summed E-state index contributed by atoms with van der Waals surface area (Å²) in [6.45, 7) is 4.33. The van der Waals surface area contributed by atoms with Gasteiger partial charge in [-0.1, -0.05) is 34.7 Å². The van der Waals surface area contributed by atoms with Crippen LogP contribution in [0.4, 0.5) is 0 Å². The minimum Gasteiger partial charge on any atom is -0.329 e. The van der Waals surface area contributed by atoms with Crippen LogP contribution in [-0.2, 0) is 11.3 Å². The molecule has 3 heterocycles. The number of hydrogen-bond donors (Lipinski definition) is 1. The minimum absolute atomic E-state index is 0.133. The van der Waals surface area contributed by atoms with Crippen molar-refractivity contribution in [3.8, 4) is 0 Å². The maximum absolute atomic E-state index is 12.8. The summed E-state index contributed by atoms with van der Waals surface area (Å²) >= 11 is 3.53. The first kappa shape index (κ1) is 13.6. The van der Waals surface area contributed by atoms with Gasteiger partial charge in [0.05, 0.1) is 11.0 Å². The van der Waals surface area contributed by atoms with Gasteiger partial charge < -0.3 is 5.32 Å². The van der Waals surface area contributed by atoms with Crippen LogP contribution in [0.3, 0.4) is 0 Å². The van der Waals surface area contributed by atoms with Gasteiger partial charge in [0.15, 0.2) is 0 Å². The molecule has 1 atom stereocenters. The van der Waals surface area contributed by atoms with E-state index >= 15 is 0 Å². The van der Waals surface area contributed by atoms with E-state index in [4.69, 9.17) is 0 Å². The maximum atomic E-state index is 12.8. The van der Waals surface area contributed by atoms with E-state index in [1.54, 1.807) is 9.13 Å². The maximum Gasteiger partial charge on any atom is 0.330 e. The van der Waals surface area contributed by atoms with Gasteiger partial charge >= 0.3 is 5.69 Å². The number of piperidine rings is 1. The van der Waals surface area contributed by atoms with Crippen LogP contribution in [0, 0.1) is 0 Å². The first-order valence-electron chi connectivity index (χ1n) is 7.16. The summed E-state index contributed by atoms with van der Waals surface area (Å²) in [7, 11) is 0. The van der Waals surface area contributed by atoms with Gasteiger partial charge in [-0.15, -0.1) is 0 Å². The van der Waals surface area contributed by atoms with Crippen LogP contribution in [-0.4, -0.2) is 15.0 Å². The highest BCUT2D eigenvalue weighted by Crippen LogP contribution is 2.32. The number of amides is 1. The first-order valence-corrected chi connectivity index (χ1v) is 7.95. The van der Waals surface area contributed by atoms with Crippen LogP contribution in [0.5, 0.6) is 0 Å². The molecule has 0 bridgehead atoms. The highest BCUT2D eigenvalue weighted by atomic mass is 79.9. The fraction of sp³-hybridized carbons (Fsp3) is 0.250. The highest BCUT2D eigenvalue weighted by molar-refractivity contribution is 9.10. The van der Waals surface area contributed by atoms with E-state index in [-0.39, 0.29) is 11.6 Å². The van der Waals surface area contributed by atoms with E-state index in [9.17, 15) is 9.59 Å². The third kappa shape index (κ3) is 1.76. The molecular formula is C16H14BrN3O2. The Hall–Kier alpha value is -2.08. The lowest BCUT2D eigenvalue weighted by atomic mass is 10.0. The molecule has 112 valence electrons. The summed E-state index contributed by atoms with van der Waals surface area (Å²) in [6, 6.07) is 3.35. The van der Waals surface area contributed by atoms with Gasteiger partial charge in [0.1, 0.15) is 6.04 Å². The van der Waals surface area contributed by atoms with Crippen LogP contribution in [0.2, 0.25) is 0 Å². The lowest BCUT2D eigenvalue weighted by Crippen LogP contribution is -2.40. The Labute approximate surface area is 135 Å². The van der Waals surface area contributed by atoms with E-state index in [1.807, 2.05) is 24.3 Å². The largest absolute Gasteiger partial charge is 0.330 e. The Kier molecular flexibility index (Phi) is 2.91. The van der Waals surface area contributed by atoms with Crippen molar-refractivity contribution < 1.29 is 4.79 Å². The number of benzene rings is 1. The molecule has 1 fully saturated rings. The van der Waals surface area contributed by atoms with E-state index in [2.05, 4.69) is 27.8 Å². The zero-order valence-corrected chi connectivity index (χ0v) is 13.4. The van der Waals surface area contributed by atoms with Crippen molar-refractivity contribution >= 4 is 38.9 Å². The van der Waals surface area contributed by atoms with E-state index in [0.717, 1.165) is 21.1 Å². The number of allylic oxidation sites excluding steroid dienone is 2. The van der Waals surface area contributed by atoms with Gasteiger partial charge in [-0.25, -0.2) is 4.79 Å². The van der Waals surface area contributed by atoms with Crippen molar-refractivity contribution in [2.24, 2.45) is 0 Å². The Bertz CT molecular complexity index is 920. The summed E-state index contributed by atoms with van der Waals surface area (Å²) < 4.78 is 4.30. The van der Waals surface area contributed by atoms with Crippen molar-refractivity contribution in [3.63, 3.8) is 0 Å².